The Hall–Kier alpha value is 0.137. The summed E-state index contributed by atoms with van der Waals surface area (Å²) in [6.07, 6.45) is 2.48. The molecule has 0 aliphatic heterocycles. The van der Waals surface area contributed by atoms with Crippen molar-refractivity contribution in [3.8, 4) is 0 Å². The second-order valence-corrected chi connectivity index (χ2v) is 7.26. The summed E-state index contributed by atoms with van der Waals surface area (Å²) in [6, 6.07) is 2.62. The van der Waals surface area contributed by atoms with Gasteiger partial charge in [-0.05, 0) is 54.4 Å². The second-order valence-electron chi connectivity index (χ2n) is 6.23. The van der Waals surface area contributed by atoms with Gasteiger partial charge in [-0.3, -0.25) is 9.80 Å². The maximum atomic E-state index is 2.72. The van der Waals surface area contributed by atoms with Gasteiger partial charge < -0.3 is 0 Å². The zero-order chi connectivity index (χ0) is 14.5. The molecule has 0 rings (SSSR count). The predicted octanol–water partition coefficient (Wildman–Crippen LogP) is 2.65. The van der Waals surface area contributed by atoms with Crippen LogP contribution in [0, 0.1) is 0 Å². The SMILES string of the molecule is CCC(C)N(C(C)C)C([SiH3])N(C(C)C)C(C)CC. The molecule has 0 bridgehead atoms. The van der Waals surface area contributed by atoms with Crippen LogP contribution >= 0.6 is 0 Å². The molecular weight excluding hydrogens is 236 g/mol. The summed E-state index contributed by atoms with van der Waals surface area (Å²) in [5.41, 5.74) is 0. The standard InChI is InChI=1S/C15H36N2Si/c1-9-13(7)16(11(3)4)15(18)17(12(5)6)14(8)10-2/h11-15H,9-10H2,1-8,18H3. The van der Waals surface area contributed by atoms with Crippen molar-refractivity contribution in [2.24, 2.45) is 0 Å². The molecule has 18 heavy (non-hydrogen) atoms. The minimum absolute atomic E-state index is 0.632. The van der Waals surface area contributed by atoms with Crippen molar-refractivity contribution in [1.29, 1.82) is 0 Å². The van der Waals surface area contributed by atoms with Gasteiger partial charge in [-0.15, -0.1) is 0 Å². The molecule has 3 heteroatoms. The van der Waals surface area contributed by atoms with Crippen LogP contribution in [-0.4, -0.2) is 50.0 Å². The van der Waals surface area contributed by atoms with Gasteiger partial charge in [0, 0.05) is 40.2 Å². The molecular formula is C15H36N2Si. The zero-order valence-electron chi connectivity index (χ0n) is 14.2. The summed E-state index contributed by atoms with van der Waals surface area (Å²) < 4.78 is 0. The Morgan fingerprint density at radius 3 is 1.17 bits per heavy atom. The fourth-order valence-electron chi connectivity index (χ4n) is 3.19. The maximum Gasteiger partial charge on any atom is 0.0429 e. The molecule has 0 saturated carbocycles. The first-order valence-corrected chi connectivity index (χ1v) is 8.98. The Morgan fingerprint density at radius 1 is 0.722 bits per heavy atom. The Morgan fingerprint density at radius 2 is 1.00 bits per heavy atom. The summed E-state index contributed by atoms with van der Waals surface area (Å²) in [7, 11) is 1.21. The van der Waals surface area contributed by atoms with Gasteiger partial charge in [0.2, 0.25) is 0 Å². The lowest BCUT2D eigenvalue weighted by atomic mass is 10.1. The van der Waals surface area contributed by atoms with Crippen LogP contribution in [0.1, 0.15) is 68.2 Å². The Labute approximate surface area is 119 Å². The summed E-state index contributed by atoms with van der Waals surface area (Å²) in [5.74, 6) is 0.648. The van der Waals surface area contributed by atoms with E-state index in [1.807, 2.05) is 0 Å². The van der Waals surface area contributed by atoms with Crippen LogP contribution in [-0.2, 0) is 0 Å². The highest BCUT2D eigenvalue weighted by Gasteiger charge is 2.30. The van der Waals surface area contributed by atoms with Crippen LogP contribution in [0.4, 0.5) is 0 Å². The van der Waals surface area contributed by atoms with E-state index in [1.165, 1.54) is 23.1 Å². The van der Waals surface area contributed by atoms with Crippen molar-refractivity contribution in [2.45, 2.75) is 98.2 Å². The molecule has 0 N–H and O–H groups in total. The first kappa shape index (κ1) is 18.1. The molecule has 0 spiro atoms. The van der Waals surface area contributed by atoms with Gasteiger partial charge in [-0.1, -0.05) is 13.8 Å². The van der Waals surface area contributed by atoms with Gasteiger partial charge in [0.15, 0.2) is 0 Å². The summed E-state index contributed by atoms with van der Waals surface area (Å²) in [6.45, 7) is 18.7. The van der Waals surface area contributed by atoms with Crippen LogP contribution in [0.2, 0.25) is 0 Å². The Balaban J connectivity index is 5.06. The highest BCUT2D eigenvalue weighted by Crippen LogP contribution is 2.20. The van der Waals surface area contributed by atoms with E-state index in [2.05, 4.69) is 65.2 Å². The number of rotatable bonds is 8. The van der Waals surface area contributed by atoms with E-state index in [-0.39, 0.29) is 0 Å². The molecule has 0 amide bonds. The number of hydrogen-bond acceptors (Lipinski definition) is 2. The molecule has 0 fully saturated rings. The van der Waals surface area contributed by atoms with Gasteiger partial charge in [-0.2, -0.15) is 0 Å². The van der Waals surface area contributed by atoms with Gasteiger partial charge in [0.25, 0.3) is 0 Å². The van der Waals surface area contributed by atoms with Gasteiger partial charge >= 0.3 is 0 Å². The molecule has 0 aliphatic carbocycles. The first-order valence-electron chi connectivity index (χ1n) is 7.82. The zero-order valence-corrected chi connectivity index (χ0v) is 16.2. The van der Waals surface area contributed by atoms with E-state index < -0.39 is 0 Å². The molecule has 0 saturated heterocycles. The average Bonchev–Trinajstić information content (AvgIpc) is 2.27. The van der Waals surface area contributed by atoms with Crippen molar-refractivity contribution in [1.82, 2.24) is 9.80 Å². The Bertz CT molecular complexity index is 197. The maximum absolute atomic E-state index is 2.72. The number of nitrogens with zero attached hydrogens (tertiary/aromatic N) is 2. The minimum atomic E-state index is 0.632. The molecule has 0 heterocycles. The summed E-state index contributed by atoms with van der Waals surface area (Å²) >= 11 is 0. The van der Waals surface area contributed by atoms with E-state index in [9.17, 15) is 0 Å². The monoisotopic (exact) mass is 272 g/mol. The van der Waals surface area contributed by atoms with Gasteiger partial charge in [-0.25, -0.2) is 0 Å². The third-order valence-corrected chi connectivity index (χ3v) is 5.45. The molecule has 0 aromatic heterocycles. The molecule has 0 radical (unpaired) electrons. The largest absolute Gasteiger partial charge is 0.287 e. The minimum Gasteiger partial charge on any atom is -0.287 e. The smallest absolute Gasteiger partial charge is 0.0429 e. The highest BCUT2D eigenvalue weighted by molar-refractivity contribution is 6.11. The lowest BCUT2D eigenvalue weighted by molar-refractivity contribution is 0.00170. The van der Waals surface area contributed by atoms with Crippen LogP contribution in [0.25, 0.3) is 0 Å². The second kappa shape index (κ2) is 8.34. The lowest BCUT2D eigenvalue weighted by Crippen LogP contribution is -2.59. The number of hydrogen-bond donors (Lipinski definition) is 0. The van der Waals surface area contributed by atoms with E-state index in [0.29, 0.717) is 30.0 Å². The topological polar surface area (TPSA) is 6.48 Å². The molecule has 0 aliphatic rings. The van der Waals surface area contributed by atoms with Crippen molar-refractivity contribution in [3.63, 3.8) is 0 Å². The van der Waals surface area contributed by atoms with Gasteiger partial charge in [0.1, 0.15) is 0 Å². The molecule has 2 unspecified atom stereocenters. The van der Waals surface area contributed by atoms with E-state index in [1.54, 1.807) is 0 Å². The highest BCUT2D eigenvalue weighted by atomic mass is 28.1. The summed E-state index contributed by atoms with van der Waals surface area (Å²) in [5, 5.41) is 0. The quantitative estimate of drug-likeness (QED) is 0.495. The third-order valence-electron chi connectivity index (χ3n) is 4.26. The van der Waals surface area contributed by atoms with Crippen LogP contribution in [0.3, 0.4) is 0 Å². The first-order chi connectivity index (χ1) is 8.27. The fraction of sp³-hybridized carbons (Fsp3) is 1.00. The van der Waals surface area contributed by atoms with Crippen LogP contribution in [0.15, 0.2) is 0 Å². The lowest BCUT2D eigenvalue weighted by Gasteiger charge is -2.47. The Kier molecular flexibility index (Phi) is 8.40. The van der Waals surface area contributed by atoms with E-state index >= 15 is 0 Å². The third kappa shape index (κ3) is 4.67. The van der Waals surface area contributed by atoms with E-state index in [4.69, 9.17) is 0 Å². The molecule has 110 valence electrons. The normalized spacial score (nSPS) is 18.0. The predicted molar refractivity (Wildman–Crippen MR) is 87.2 cm³/mol. The molecule has 2 nitrogen and oxygen atoms in total. The fourth-order valence-corrected chi connectivity index (χ4v) is 5.40. The summed E-state index contributed by atoms with van der Waals surface area (Å²) in [4.78, 5) is 5.44. The van der Waals surface area contributed by atoms with Crippen LogP contribution in [0.5, 0.6) is 0 Å². The van der Waals surface area contributed by atoms with Gasteiger partial charge in [0.05, 0.1) is 0 Å². The average molecular weight is 273 g/mol. The van der Waals surface area contributed by atoms with Crippen molar-refractivity contribution in [2.75, 3.05) is 0 Å². The van der Waals surface area contributed by atoms with Crippen molar-refractivity contribution < 1.29 is 0 Å². The van der Waals surface area contributed by atoms with E-state index in [0.717, 1.165) is 0 Å². The molecule has 0 aromatic rings. The van der Waals surface area contributed by atoms with Crippen LogP contribution < -0.4 is 0 Å². The van der Waals surface area contributed by atoms with Crippen molar-refractivity contribution in [3.05, 3.63) is 0 Å². The molecule has 2 atom stereocenters. The van der Waals surface area contributed by atoms with Crippen molar-refractivity contribution >= 4 is 10.2 Å². The molecule has 0 aromatic carbocycles.